The van der Waals surface area contributed by atoms with E-state index in [1.54, 1.807) is 0 Å². The standard InChI is InChI=1S/C17H28O6S2/c18-16-12-14(2-6-22-16)4-10-24(20)8-1-9-25(21)11-5-15-3-7-23-17(19)13-15/h14-15H,1-13H2. The van der Waals surface area contributed by atoms with Crippen molar-refractivity contribution in [3.05, 3.63) is 0 Å². The summed E-state index contributed by atoms with van der Waals surface area (Å²) in [5.41, 5.74) is 0. The third kappa shape index (κ3) is 8.44. The van der Waals surface area contributed by atoms with Gasteiger partial charge >= 0.3 is 11.9 Å². The SMILES string of the molecule is O=C1CC(CCS(=O)CCCS(=O)CCC2CCOC(=O)C2)CCO1. The summed E-state index contributed by atoms with van der Waals surface area (Å²) in [5, 5.41) is 0. The average molecular weight is 393 g/mol. The van der Waals surface area contributed by atoms with Gasteiger partial charge in [-0.1, -0.05) is 0 Å². The third-order valence-corrected chi connectivity index (χ3v) is 7.61. The van der Waals surface area contributed by atoms with Crippen molar-refractivity contribution >= 4 is 33.5 Å². The Kier molecular flexibility index (Phi) is 9.09. The van der Waals surface area contributed by atoms with Gasteiger partial charge in [0.15, 0.2) is 0 Å². The minimum Gasteiger partial charge on any atom is -0.466 e. The lowest BCUT2D eigenvalue weighted by Crippen LogP contribution is -2.23. The predicted octanol–water partition coefficient (Wildman–Crippen LogP) is 1.56. The molecule has 0 aromatic heterocycles. The fourth-order valence-electron chi connectivity index (χ4n) is 3.15. The zero-order valence-electron chi connectivity index (χ0n) is 14.6. The molecule has 0 N–H and O–H groups in total. The summed E-state index contributed by atoms with van der Waals surface area (Å²) in [6.45, 7) is 0.960. The van der Waals surface area contributed by atoms with E-state index < -0.39 is 21.6 Å². The van der Waals surface area contributed by atoms with E-state index >= 15 is 0 Å². The molecule has 0 aromatic rings. The molecular weight excluding hydrogens is 364 g/mol. The van der Waals surface area contributed by atoms with Crippen molar-refractivity contribution in [1.82, 2.24) is 0 Å². The van der Waals surface area contributed by atoms with E-state index in [-0.39, 0.29) is 11.9 Å². The van der Waals surface area contributed by atoms with Crippen molar-refractivity contribution in [2.75, 3.05) is 36.2 Å². The van der Waals surface area contributed by atoms with Gasteiger partial charge in [0.2, 0.25) is 0 Å². The molecule has 0 aromatic carbocycles. The van der Waals surface area contributed by atoms with Crippen molar-refractivity contribution < 1.29 is 27.5 Å². The van der Waals surface area contributed by atoms with Gasteiger partial charge < -0.3 is 9.47 Å². The van der Waals surface area contributed by atoms with E-state index in [1.807, 2.05) is 0 Å². The van der Waals surface area contributed by atoms with Crippen LogP contribution in [0.4, 0.5) is 0 Å². The summed E-state index contributed by atoms with van der Waals surface area (Å²) in [6.07, 6.45) is 4.89. The Morgan fingerprint density at radius 1 is 0.760 bits per heavy atom. The molecule has 0 aliphatic carbocycles. The second-order valence-corrected chi connectivity index (χ2v) is 10.2. The molecule has 2 aliphatic rings. The van der Waals surface area contributed by atoms with E-state index in [4.69, 9.17) is 9.47 Å². The molecule has 25 heavy (non-hydrogen) atoms. The smallest absolute Gasteiger partial charge is 0.306 e. The molecule has 8 heteroatoms. The van der Waals surface area contributed by atoms with Gasteiger partial charge in [0.05, 0.1) is 13.2 Å². The molecular formula is C17H28O6S2. The fraction of sp³-hybridized carbons (Fsp3) is 0.882. The third-order valence-electron chi connectivity index (χ3n) is 4.74. The predicted molar refractivity (Wildman–Crippen MR) is 97.0 cm³/mol. The van der Waals surface area contributed by atoms with Gasteiger partial charge in [-0.15, -0.1) is 0 Å². The first kappa shape index (κ1) is 20.6. The van der Waals surface area contributed by atoms with Crippen LogP contribution in [0, 0.1) is 11.8 Å². The van der Waals surface area contributed by atoms with Crippen LogP contribution in [0.3, 0.4) is 0 Å². The number of carbonyl (C=O) groups excluding carboxylic acids is 2. The fourth-order valence-corrected chi connectivity index (χ4v) is 5.86. The number of cyclic esters (lactones) is 2. The van der Waals surface area contributed by atoms with Gasteiger partial charge in [0.1, 0.15) is 0 Å². The maximum atomic E-state index is 12.0. The van der Waals surface area contributed by atoms with E-state index in [9.17, 15) is 18.0 Å². The zero-order chi connectivity index (χ0) is 18.1. The van der Waals surface area contributed by atoms with E-state index in [2.05, 4.69) is 0 Å². The van der Waals surface area contributed by atoms with Crippen molar-refractivity contribution in [3.63, 3.8) is 0 Å². The molecule has 6 nitrogen and oxygen atoms in total. The number of carbonyl (C=O) groups is 2. The van der Waals surface area contributed by atoms with Gasteiger partial charge in [-0.3, -0.25) is 18.0 Å². The van der Waals surface area contributed by atoms with E-state index in [0.29, 0.717) is 67.3 Å². The van der Waals surface area contributed by atoms with E-state index in [1.165, 1.54) is 0 Å². The molecule has 0 saturated carbocycles. The number of rotatable bonds is 10. The van der Waals surface area contributed by atoms with Crippen LogP contribution in [0.2, 0.25) is 0 Å². The maximum Gasteiger partial charge on any atom is 0.306 e. The Balaban J connectivity index is 1.50. The summed E-state index contributed by atoms with van der Waals surface area (Å²) in [5.74, 6) is 2.64. The minimum absolute atomic E-state index is 0.149. The molecule has 2 fully saturated rings. The van der Waals surface area contributed by atoms with Crippen molar-refractivity contribution in [3.8, 4) is 0 Å². The van der Waals surface area contributed by atoms with Gasteiger partial charge in [-0.25, -0.2) is 0 Å². The van der Waals surface area contributed by atoms with Crippen molar-refractivity contribution in [2.24, 2.45) is 11.8 Å². The average Bonchev–Trinajstić information content (AvgIpc) is 2.58. The Labute approximate surface area is 154 Å². The summed E-state index contributed by atoms with van der Waals surface area (Å²) in [7, 11) is -1.82. The highest BCUT2D eigenvalue weighted by Crippen LogP contribution is 2.20. The van der Waals surface area contributed by atoms with Gasteiger partial charge in [-0.2, -0.15) is 0 Å². The molecule has 2 aliphatic heterocycles. The van der Waals surface area contributed by atoms with Crippen molar-refractivity contribution in [1.29, 1.82) is 0 Å². The van der Waals surface area contributed by atoms with Crippen LogP contribution in [0.15, 0.2) is 0 Å². The molecule has 4 atom stereocenters. The lowest BCUT2D eigenvalue weighted by atomic mass is 9.97. The summed E-state index contributed by atoms with van der Waals surface area (Å²) < 4.78 is 33.9. The van der Waals surface area contributed by atoms with Crippen LogP contribution in [-0.2, 0) is 40.7 Å². The summed E-state index contributed by atoms with van der Waals surface area (Å²) in [4.78, 5) is 22.4. The molecule has 2 heterocycles. The molecule has 0 spiro atoms. The molecule has 2 rings (SSSR count). The second-order valence-electron chi connectivity index (χ2n) is 6.79. The quantitative estimate of drug-likeness (QED) is 0.525. The molecule has 0 bridgehead atoms. The number of hydrogen-bond donors (Lipinski definition) is 0. The number of ether oxygens (including phenoxy) is 2. The first-order chi connectivity index (χ1) is 12.0. The van der Waals surface area contributed by atoms with Gasteiger partial charge in [-0.05, 0) is 43.9 Å². The zero-order valence-corrected chi connectivity index (χ0v) is 16.2. The van der Waals surface area contributed by atoms with Crippen LogP contribution in [0.5, 0.6) is 0 Å². The Morgan fingerprint density at radius 2 is 1.20 bits per heavy atom. The molecule has 0 amide bonds. The van der Waals surface area contributed by atoms with Crippen LogP contribution < -0.4 is 0 Å². The first-order valence-corrected chi connectivity index (χ1v) is 12.0. The van der Waals surface area contributed by atoms with Crippen LogP contribution in [0.1, 0.15) is 44.9 Å². The highest BCUT2D eigenvalue weighted by Gasteiger charge is 2.22. The summed E-state index contributed by atoms with van der Waals surface area (Å²) >= 11 is 0. The number of esters is 2. The largest absolute Gasteiger partial charge is 0.466 e. The van der Waals surface area contributed by atoms with Gasteiger partial charge in [0.25, 0.3) is 0 Å². The highest BCUT2D eigenvalue weighted by molar-refractivity contribution is 7.85. The second kappa shape index (κ2) is 11.1. The highest BCUT2D eigenvalue weighted by atomic mass is 32.2. The molecule has 2 saturated heterocycles. The lowest BCUT2D eigenvalue weighted by Gasteiger charge is -2.21. The van der Waals surface area contributed by atoms with Gasteiger partial charge in [0, 0.05) is 57.5 Å². The molecule has 4 unspecified atom stereocenters. The Hall–Kier alpha value is -0.760. The van der Waals surface area contributed by atoms with Crippen LogP contribution in [0.25, 0.3) is 0 Å². The topological polar surface area (TPSA) is 86.7 Å². The number of hydrogen-bond acceptors (Lipinski definition) is 6. The Bertz CT molecular complexity index is 463. The van der Waals surface area contributed by atoms with Crippen molar-refractivity contribution in [2.45, 2.75) is 44.9 Å². The van der Waals surface area contributed by atoms with Crippen LogP contribution in [-0.4, -0.2) is 56.6 Å². The lowest BCUT2D eigenvalue weighted by molar-refractivity contribution is -0.150. The molecule has 144 valence electrons. The summed E-state index contributed by atoms with van der Waals surface area (Å²) in [6, 6.07) is 0. The minimum atomic E-state index is -0.910. The van der Waals surface area contributed by atoms with Crippen LogP contribution >= 0.6 is 0 Å². The maximum absolute atomic E-state index is 12.0. The molecule has 0 radical (unpaired) electrons. The Morgan fingerprint density at radius 3 is 1.60 bits per heavy atom. The monoisotopic (exact) mass is 392 g/mol. The normalized spacial score (nSPS) is 26.6. The van der Waals surface area contributed by atoms with E-state index in [0.717, 1.165) is 25.7 Å². The first-order valence-electron chi connectivity index (χ1n) is 9.04.